The summed E-state index contributed by atoms with van der Waals surface area (Å²) in [4.78, 5) is 28.4. The van der Waals surface area contributed by atoms with Crippen molar-refractivity contribution >= 4 is 60.7 Å². The van der Waals surface area contributed by atoms with E-state index in [1.807, 2.05) is 17.0 Å². The fourth-order valence-electron chi connectivity index (χ4n) is 5.34. The SMILES string of the molecule is CN(C)CCCCNc1nccc(N2CCC(CN3CCN(S(=O)(=O)c4cc5ccc(Cl)cc5s4)CC3=O)CC2)n1. The van der Waals surface area contributed by atoms with E-state index in [2.05, 4.69) is 34.2 Å². The third kappa shape index (κ3) is 7.47. The van der Waals surface area contributed by atoms with Crippen LogP contribution >= 0.6 is 22.9 Å². The molecule has 222 valence electrons. The monoisotopic (exact) mass is 619 g/mol. The number of amides is 1. The maximum atomic E-state index is 13.3. The number of piperidine rings is 1. The highest BCUT2D eigenvalue weighted by atomic mass is 35.5. The van der Waals surface area contributed by atoms with Crippen LogP contribution in [0.4, 0.5) is 11.8 Å². The normalized spacial score (nSPS) is 17.6. The van der Waals surface area contributed by atoms with E-state index < -0.39 is 10.0 Å². The second kappa shape index (κ2) is 13.2. The lowest BCUT2D eigenvalue weighted by atomic mass is 9.96. The van der Waals surface area contributed by atoms with Gasteiger partial charge in [0.25, 0.3) is 10.0 Å². The highest BCUT2D eigenvalue weighted by molar-refractivity contribution is 7.91. The molecule has 1 amide bonds. The largest absolute Gasteiger partial charge is 0.356 e. The first-order valence-corrected chi connectivity index (χ1v) is 16.8. The first-order valence-electron chi connectivity index (χ1n) is 14.1. The molecule has 2 fully saturated rings. The summed E-state index contributed by atoms with van der Waals surface area (Å²) in [5, 5.41) is 4.74. The van der Waals surface area contributed by atoms with Gasteiger partial charge >= 0.3 is 0 Å². The van der Waals surface area contributed by atoms with Crippen LogP contribution in [-0.2, 0) is 14.8 Å². The molecule has 1 N–H and O–H groups in total. The van der Waals surface area contributed by atoms with Crippen LogP contribution in [0.2, 0.25) is 5.02 Å². The van der Waals surface area contributed by atoms with Crippen molar-refractivity contribution in [3.05, 3.63) is 41.6 Å². The molecule has 0 atom stereocenters. The summed E-state index contributed by atoms with van der Waals surface area (Å²) in [6.45, 7) is 4.89. The number of piperazine rings is 1. The average Bonchev–Trinajstić information content (AvgIpc) is 3.38. The van der Waals surface area contributed by atoms with Crippen LogP contribution < -0.4 is 10.2 Å². The van der Waals surface area contributed by atoms with Gasteiger partial charge in [-0.2, -0.15) is 9.29 Å². The standard InChI is InChI=1S/C28H38ClN7O3S2/c1-33(2)12-4-3-10-30-28-31-11-7-25(32-28)34-13-8-21(9-14-34)19-35-15-16-36(20-26(35)37)41(38,39)27-17-22-5-6-23(29)18-24(22)40-27/h5-7,11,17-18,21H,3-4,8-10,12-16,19-20H2,1-2H3,(H,30,31,32). The Morgan fingerprint density at radius 3 is 2.66 bits per heavy atom. The number of thiophene rings is 1. The summed E-state index contributed by atoms with van der Waals surface area (Å²) in [6, 6.07) is 8.95. The number of benzene rings is 1. The zero-order chi connectivity index (χ0) is 29.0. The molecule has 0 saturated carbocycles. The number of fused-ring (bicyclic) bond motifs is 1. The lowest BCUT2D eigenvalue weighted by molar-refractivity contribution is -0.134. The number of carbonyl (C=O) groups excluding carboxylic acids is 1. The van der Waals surface area contributed by atoms with Crippen LogP contribution in [0.5, 0.6) is 0 Å². The van der Waals surface area contributed by atoms with E-state index in [9.17, 15) is 13.2 Å². The van der Waals surface area contributed by atoms with Gasteiger partial charge in [-0.05, 0) is 81.9 Å². The number of anilines is 2. The van der Waals surface area contributed by atoms with Gasteiger partial charge in [-0.3, -0.25) is 4.79 Å². The highest BCUT2D eigenvalue weighted by Crippen LogP contribution is 2.33. The summed E-state index contributed by atoms with van der Waals surface area (Å²) < 4.78 is 29.0. The van der Waals surface area contributed by atoms with E-state index in [1.165, 1.54) is 15.6 Å². The zero-order valence-electron chi connectivity index (χ0n) is 23.6. The molecule has 2 aliphatic rings. The van der Waals surface area contributed by atoms with E-state index in [0.717, 1.165) is 67.8 Å². The van der Waals surface area contributed by atoms with E-state index in [1.54, 1.807) is 24.4 Å². The molecule has 2 aromatic heterocycles. The zero-order valence-corrected chi connectivity index (χ0v) is 26.0. The predicted octanol–water partition coefficient (Wildman–Crippen LogP) is 3.85. The van der Waals surface area contributed by atoms with E-state index in [-0.39, 0.29) is 16.7 Å². The molecular weight excluding hydrogens is 582 g/mol. The lowest BCUT2D eigenvalue weighted by Crippen LogP contribution is -2.53. The van der Waals surface area contributed by atoms with Crippen LogP contribution in [0.15, 0.2) is 40.7 Å². The first kappa shape index (κ1) is 30.0. The summed E-state index contributed by atoms with van der Waals surface area (Å²) in [5.41, 5.74) is 0. The van der Waals surface area contributed by atoms with E-state index in [4.69, 9.17) is 16.6 Å². The van der Waals surface area contributed by atoms with Crippen molar-refractivity contribution in [1.82, 2.24) is 24.1 Å². The minimum absolute atomic E-state index is 0.123. The summed E-state index contributed by atoms with van der Waals surface area (Å²) >= 11 is 7.26. The number of aromatic nitrogens is 2. The molecule has 1 aromatic carbocycles. The number of nitrogens with one attached hydrogen (secondary N) is 1. The van der Waals surface area contributed by atoms with Crippen molar-refractivity contribution in [2.24, 2.45) is 5.92 Å². The fourth-order valence-corrected chi connectivity index (χ4v) is 8.55. The molecule has 0 unspecified atom stereocenters. The third-order valence-corrected chi connectivity index (χ3v) is 11.3. The van der Waals surface area contributed by atoms with Gasteiger partial charge in [0, 0.05) is 55.2 Å². The van der Waals surface area contributed by atoms with Gasteiger partial charge < -0.3 is 20.0 Å². The van der Waals surface area contributed by atoms with Gasteiger partial charge in [0.1, 0.15) is 10.0 Å². The quantitative estimate of drug-likeness (QED) is 0.323. The summed E-state index contributed by atoms with van der Waals surface area (Å²) in [6.07, 6.45) is 5.90. The third-order valence-electron chi connectivity index (χ3n) is 7.71. The molecule has 3 aromatic rings. The van der Waals surface area contributed by atoms with Gasteiger partial charge in [-0.15, -0.1) is 11.3 Å². The Morgan fingerprint density at radius 1 is 1.10 bits per heavy atom. The van der Waals surface area contributed by atoms with Crippen LogP contribution in [0, 0.1) is 5.92 Å². The van der Waals surface area contributed by atoms with Gasteiger partial charge in [-0.1, -0.05) is 17.7 Å². The van der Waals surface area contributed by atoms with Crippen molar-refractivity contribution in [1.29, 1.82) is 0 Å². The van der Waals surface area contributed by atoms with Gasteiger partial charge in [0.2, 0.25) is 11.9 Å². The second-order valence-corrected chi connectivity index (χ2v) is 14.7. The molecule has 0 aliphatic carbocycles. The number of unbranched alkanes of at least 4 members (excludes halogenated alkanes) is 1. The summed E-state index contributed by atoms with van der Waals surface area (Å²) in [5.74, 6) is 1.82. The molecule has 41 heavy (non-hydrogen) atoms. The molecule has 0 spiro atoms. The lowest BCUT2D eigenvalue weighted by Gasteiger charge is -2.38. The number of sulfonamides is 1. The Kier molecular flexibility index (Phi) is 9.65. The molecule has 13 heteroatoms. The van der Waals surface area contributed by atoms with Crippen molar-refractivity contribution in [3.8, 4) is 0 Å². The van der Waals surface area contributed by atoms with E-state index in [0.29, 0.717) is 36.5 Å². The molecule has 10 nitrogen and oxygen atoms in total. The number of halogens is 1. The topological polar surface area (TPSA) is 102 Å². The molecule has 0 bridgehead atoms. The van der Waals surface area contributed by atoms with Gasteiger partial charge in [-0.25, -0.2) is 13.4 Å². The van der Waals surface area contributed by atoms with Crippen molar-refractivity contribution in [3.63, 3.8) is 0 Å². The Labute approximate surface area is 251 Å². The number of carbonyl (C=O) groups is 1. The number of nitrogens with zero attached hydrogens (tertiary/aromatic N) is 6. The molecular formula is C28H38ClN7O3S2. The number of hydrogen-bond donors (Lipinski definition) is 1. The van der Waals surface area contributed by atoms with Gasteiger partial charge in [0.15, 0.2) is 0 Å². The maximum absolute atomic E-state index is 13.3. The van der Waals surface area contributed by atoms with Crippen LogP contribution in [0.25, 0.3) is 10.1 Å². The van der Waals surface area contributed by atoms with Gasteiger partial charge in [0.05, 0.1) is 6.54 Å². The molecule has 4 heterocycles. The Hall–Kier alpha value is -2.51. The van der Waals surface area contributed by atoms with Crippen LogP contribution in [0.3, 0.4) is 0 Å². The predicted molar refractivity (Wildman–Crippen MR) is 165 cm³/mol. The van der Waals surface area contributed by atoms with Crippen molar-refractivity contribution in [2.75, 3.05) is 76.7 Å². The minimum Gasteiger partial charge on any atom is -0.356 e. The number of rotatable bonds is 11. The number of hydrogen-bond acceptors (Lipinski definition) is 9. The Morgan fingerprint density at radius 2 is 1.90 bits per heavy atom. The van der Waals surface area contributed by atoms with E-state index >= 15 is 0 Å². The molecule has 5 rings (SSSR count). The molecule has 2 aliphatic heterocycles. The van der Waals surface area contributed by atoms with Crippen molar-refractivity contribution < 1.29 is 13.2 Å². The van der Waals surface area contributed by atoms with Crippen molar-refractivity contribution in [2.45, 2.75) is 29.9 Å². The minimum atomic E-state index is -3.74. The maximum Gasteiger partial charge on any atom is 0.253 e. The Balaban J connectivity index is 1.09. The Bertz CT molecular complexity index is 1460. The first-order chi connectivity index (χ1) is 19.7. The second-order valence-electron chi connectivity index (χ2n) is 11.0. The molecule has 2 saturated heterocycles. The van der Waals surface area contributed by atoms with Crippen LogP contribution in [0.1, 0.15) is 25.7 Å². The molecule has 0 radical (unpaired) electrons. The van der Waals surface area contributed by atoms with Crippen LogP contribution in [-0.4, -0.2) is 105 Å². The highest BCUT2D eigenvalue weighted by Gasteiger charge is 2.35. The average molecular weight is 620 g/mol. The smallest absolute Gasteiger partial charge is 0.253 e. The summed E-state index contributed by atoms with van der Waals surface area (Å²) in [7, 11) is 0.422. The fraction of sp³-hybridized carbons (Fsp3) is 0.536.